The topological polar surface area (TPSA) is 74.7 Å². The third-order valence-corrected chi connectivity index (χ3v) is 6.45. The Hall–Kier alpha value is -0.620. The van der Waals surface area contributed by atoms with E-state index < -0.39 is 10.1 Å². The molecule has 30 heavy (non-hydrogen) atoms. The molecule has 0 rings (SSSR count). The number of unbranched alkanes of at least 4 members (excludes halogenated alkanes) is 15. The summed E-state index contributed by atoms with van der Waals surface area (Å²) in [5.74, 6) is -0.358. The van der Waals surface area contributed by atoms with E-state index in [9.17, 15) is 13.2 Å². The average Bonchev–Trinajstić information content (AvgIpc) is 2.70. The summed E-state index contributed by atoms with van der Waals surface area (Å²) in [6, 6.07) is 0. The van der Waals surface area contributed by atoms with Crippen LogP contribution in [0.5, 0.6) is 0 Å². The van der Waals surface area contributed by atoms with Gasteiger partial charge in [-0.05, 0) is 12.8 Å². The molecule has 6 heteroatoms. The molecule has 0 aliphatic rings. The fraction of sp³-hybridized carbons (Fsp3) is 0.958. The lowest BCUT2D eigenvalue weighted by atomic mass is 10.0. The van der Waals surface area contributed by atoms with Gasteiger partial charge in [0.25, 0.3) is 10.1 Å². The molecule has 0 fully saturated rings. The first-order chi connectivity index (χ1) is 14.4. The van der Waals surface area contributed by atoms with Crippen molar-refractivity contribution < 1.29 is 17.8 Å². The Morgan fingerprint density at radius 3 is 1.43 bits per heavy atom. The van der Waals surface area contributed by atoms with Crippen molar-refractivity contribution >= 4 is 16.0 Å². The van der Waals surface area contributed by atoms with Crippen molar-refractivity contribution in [1.29, 1.82) is 0 Å². The Morgan fingerprint density at radius 2 is 1.03 bits per heavy atom. The van der Waals surface area contributed by atoms with Gasteiger partial charge in [-0.1, -0.05) is 110 Å². The van der Waals surface area contributed by atoms with E-state index in [1.807, 2.05) is 6.92 Å². The maximum Gasteiger partial charge on any atom is 0.266 e. The summed E-state index contributed by atoms with van der Waals surface area (Å²) >= 11 is 0. The lowest BCUT2D eigenvalue weighted by Crippen LogP contribution is -2.35. The predicted molar refractivity (Wildman–Crippen MR) is 127 cm³/mol. The van der Waals surface area contributed by atoms with E-state index in [4.69, 9.17) is 4.55 Å². The highest BCUT2D eigenvalue weighted by molar-refractivity contribution is 7.85. The Labute approximate surface area is 187 Å². The van der Waals surface area contributed by atoms with Crippen molar-refractivity contribution in [1.82, 2.24) is 4.90 Å². The number of carbonyl (C=O) groups is 1. The molecule has 0 aliphatic heterocycles. The zero-order valence-corrected chi connectivity index (χ0v) is 20.7. The zero-order chi connectivity index (χ0) is 22.5. The Kier molecular flexibility index (Phi) is 19.9. The van der Waals surface area contributed by atoms with Crippen LogP contribution in [-0.2, 0) is 14.9 Å². The molecule has 0 radical (unpaired) electrons. The summed E-state index contributed by atoms with van der Waals surface area (Å²) in [5, 5.41) is 0. The van der Waals surface area contributed by atoms with Gasteiger partial charge in [-0.25, -0.2) is 0 Å². The molecule has 180 valence electrons. The van der Waals surface area contributed by atoms with Crippen molar-refractivity contribution in [3.8, 4) is 0 Å². The minimum Gasteiger partial charge on any atom is -0.342 e. The maximum atomic E-state index is 12.3. The van der Waals surface area contributed by atoms with Crippen LogP contribution in [0.15, 0.2) is 0 Å². The van der Waals surface area contributed by atoms with Gasteiger partial charge < -0.3 is 4.90 Å². The van der Waals surface area contributed by atoms with Gasteiger partial charge >= 0.3 is 0 Å². The summed E-state index contributed by atoms with van der Waals surface area (Å²) in [5.41, 5.74) is 0. The fourth-order valence-corrected chi connectivity index (χ4v) is 4.19. The van der Waals surface area contributed by atoms with Crippen molar-refractivity contribution in [2.45, 2.75) is 129 Å². The average molecular weight is 448 g/mol. The van der Waals surface area contributed by atoms with Crippen molar-refractivity contribution in [3.05, 3.63) is 0 Å². The van der Waals surface area contributed by atoms with Crippen LogP contribution >= 0.6 is 0 Å². The van der Waals surface area contributed by atoms with E-state index in [0.717, 1.165) is 25.7 Å². The molecule has 0 unspecified atom stereocenters. The quantitative estimate of drug-likeness (QED) is 0.147. The minimum absolute atomic E-state index is 0.0156. The molecule has 0 aromatic heterocycles. The van der Waals surface area contributed by atoms with E-state index in [1.165, 1.54) is 83.5 Å². The summed E-state index contributed by atoms with van der Waals surface area (Å²) in [4.78, 5) is 13.9. The van der Waals surface area contributed by atoms with E-state index >= 15 is 0 Å². The first-order valence-corrected chi connectivity index (χ1v) is 14.2. The molecule has 0 spiro atoms. The summed E-state index contributed by atoms with van der Waals surface area (Å²) in [7, 11) is -4.02. The largest absolute Gasteiger partial charge is 0.342 e. The normalized spacial score (nSPS) is 11.7. The van der Waals surface area contributed by atoms with Crippen molar-refractivity contribution in [3.63, 3.8) is 0 Å². The van der Waals surface area contributed by atoms with Gasteiger partial charge in [-0.2, -0.15) is 8.42 Å². The number of hydrogen-bond acceptors (Lipinski definition) is 3. The van der Waals surface area contributed by atoms with Gasteiger partial charge in [0, 0.05) is 19.5 Å². The third kappa shape index (κ3) is 20.6. The first-order valence-electron chi connectivity index (χ1n) is 12.6. The second kappa shape index (κ2) is 20.3. The molecular weight excluding hydrogens is 398 g/mol. The highest BCUT2D eigenvalue weighted by atomic mass is 32.2. The monoisotopic (exact) mass is 447 g/mol. The van der Waals surface area contributed by atoms with Crippen LogP contribution in [0.25, 0.3) is 0 Å². The standard InChI is InChI=1S/C24H49NO4S/c1-3-5-7-8-9-10-11-12-13-14-15-16-17-18-19-20-24(26)25(21-6-4-2)22-23-30(27,28)29/h3-23H2,1-2H3,(H,27,28,29). The van der Waals surface area contributed by atoms with E-state index in [1.54, 1.807) is 4.90 Å². The van der Waals surface area contributed by atoms with Crippen molar-refractivity contribution in [2.75, 3.05) is 18.8 Å². The first kappa shape index (κ1) is 29.4. The summed E-state index contributed by atoms with van der Waals surface area (Å²) < 4.78 is 30.8. The molecule has 1 amide bonds. The molecular formula is C24H49NO4S. The van der Waals surface area contributed by atoms with Crippen LogP contribution in [0.1, 0.15) is 129 Å². The molecule has 0 heterocycles. The fourth-order valence-electron chi connectivity index (χ4n) is 3.74. The molecule has 0 aliphatic carbocycles. The van der Waals surface area contributed by atoms with Crippen LogP contribution in [0.2, 0.25) is 0 Å². The number of carbonyl (C=O) groups excluding carboxylic acids is 1. The van der Waals surface area contributed by atoms with E-state index in [-0.39, 0.29) is 18.2 Å². The van der Waals surface area contributed by atoms with Crippen LogP contribution in [0.4, 0.5) is 0 Å². The minimum atomic E-state index is -4.02. The third-order valence-electron chi connectivity index (χ3n) is 5.75. The second-order valence-electron chi connectivity index (χ2n) is 8.72. The van der Waals surface area contributed by atoms with Crippen LogP contribution < -0.4 is 0 Å². The molecule has 0 saturated heterocycles. The molecule has 5 nitrogen and oxygen atoms in total. The molecule has 0 saturated carbocycles. The Morgan fingerprint density at radius 1 is 0.633 bits per heavy atom. The number of rotatable bonds is 22. The number of hydrogen-bond donors (Lipinski definition) is 1. The van der Waals surface area contributed by atoms with Gasteiger partial charge in [-0.15, -0.1) is 0 Å². The van der Waals surface area contributed by atoms with E-state index in [0.29, 0.717) is 13.0 Å². The van der Waals surface area contributed by atoms with Gasteiger partial charge in [-0.3, -0.25) is 9.35 Å². The van der Waals surface area contributed by atoms with Gasteiger partial charge in [0.05, 0.1) is 5.75 Å². The Bertz CT molecular complexity index is 493. The van der Waals surface area contributed by atoms with Crippen molar-refractivity contribution in [2.24, 2.45) is 0 Å². The molecule has 0 aromatic carbocycles. The second-order valence-corrected chi connectivity index (χ2v) is 10.3. The Balaban J connectivity index is 3.60. The van der Waals surface area contributed by atoms with Gasteiger partial charge in [0.15, 0.2) is 0 Å². The van der Waals surface area contributed by atoms with Crippen LogP contribution in [0, 0.1) is 0 Å². The predicted octanol–water partition coefficient (Wildman–Crippen LogP) is 6.76. The molecule has 1 N–H and O–H groups in total. The SMILES string of the molecule is CCCCCCCCCCCCCCCCCC(=O)N(CCCC)CCS(=O)(=O)O. The van der Waals surface area contributed by atoms with Crippen LogP contribution in [0.3, 0.4) is 0 Å². The van der Waals surface area contributed by atoms with E-state index in [2.05, 4.69) is 6.92 Å². The molecule has 0 bridgehead atoms. The van der Waals surface area contributed by atoms with Gasteiger partial charge in [0.2, 0.25) is 5.91 Å². The lowest BCUT2D eigenvalue weighted by Gasteiger charge is -2.22. The van der Waals surface area contributed by atoms with Gasteiger partial charge in [0.1, 0.15) is 0 Å². The smallest absolute Gasteiger partial charge is 0.266 e. The highest BCUT2D eigenvalue weighted by Gasteiger charge is 2.15. The zero-order valence-electron chi connectivity index (χ0n) is 19.9. The number of amides is 1. The number of nitrogens with zero attached hydrogens (tertiary/aromatic N) is 1. The lowest BCUT2D eigenvalue weighted by molar-refractivity contribution is -0.131. The molecule has 0 aromatic rings. The maximum absolute atomic E-state index is 12.3. The highest BCUT2D eigenvalue weighted by Crippen LogP contribution is 2.14. The summed E-state index contributed by atoms with van der Waals surface area (Å²) in [6.45, 7) is 4.97. The van der Waals surface area contributed by atoms with Crippen LogP contribution in [-0.4, -0.2) is 42.6 Å². The summed E-state index contributed by atoms with van der Waals surface area (Å²) in [6.07, 6.45) is 21.7. The molecule has 0 atom stereocenters.